The summed E-state index contributed by atoms with van der Waals surface area (Å²) in [5.41, 5.74) is 3.76. The number of morpholine rings is 1. The van der Waals surface area contributed by atoms with Crippen molar-refractivity contribution in [1.82, 2.24) is 24.8 Å². The molecular weight excluding hydrogens is 292 g/mol. The summed E-state index contributed by atoms with van der Waals surface area (Å²) in [4.78, 5) is 18.0. The summed E-state index contributed by atoms with van der Waals surface area (Å²) >= 11 is 0. The summed E-state index contributed by atoms with van der Waals surface area (Å²) < 4.78 is 5.38. The minimum atomic E-state index is 0.659. The van der Waals surface area contributed by atoms with Crippen LogP contribution in [0.2, 0.25) is 0 Å². The lowest BCUT2D eigenvalue weighted by Crippen LogP contribution is -2.35. The zero-order chi connectivity index (χ0) is 15.5. The smallest absolute Gasteiger partial charge is 0.182 e. The first kappa shape index (κ1) is 14.1. The van der Waals surface area contributed by atoms with E-state index in [9.17, 15) is 0 Å². The number of aromatic nitrogens is 4. The van der Waals surface area contributed by atoms with E-state index in [0.717, 1.165) is 49.9 Å². The van der Waals surface area contributed by atoms with Gasteiger partial charge in [-0.1, -0.05) is 12.1 Å². The second-order valence-corrected chi connectivity index (χ2v) is 5.53. The third kappa shape index (κ3) is 3.15. The number of hydrogen-bond acceptors (Lipinski definition) is 6. The van der Waals surface area contributed by atoms with Gasteiger partial charge in [-0.2, -0.15) is 0 Å². The van der Waals surface area contributed by atoms with Crippen LogP contribution in [-0.2, 0) is 11.3 Å². The van der Waals surface area contributed by atoms with Crippen molar-refractivity contribution >= 4 is 22.7 Å². The number of nitrogens with one attached hydrogen (secondary N) is 2. The number of H-pyrrole nitrogens is 1. The lowest BCUT2D eigenvalue weighted by atomic mass is 10.2. The Morgan fingerprint density at radius 2 is 1.91 bits per heavy atom. The number of fused-ring (bicyclic) bond motifs is 1. The highest BCUT2D eigenvalue weighted by molar-refractivity contribution is 5.84. The van der Waals surface area contributed by atoms with Gasteiger partial charge in [0.15, 0.2) is 11.5 Å². The molecule has 0 spiro atoms. The fourth-order valence-corrected chi connectivity index (χ4v) is 2.71. The molecule has 7 nitrogen and oxygen atoms in total. The van der Waals surface area contributed by atoms with Crippen molar-refractivity contribution in [3.8, 4) is 0 Å². The Labute approximate surface area is 133 Å². The van der Waals surface area contributed by atoms with Crippen LogP contribution in [0.25, 0.3) is 11.2 Å². The van der Waals surface area contributed by atoms with Crippen LogP contribution in [0, 0.1) is 0 Å². The molecule has 0 saturated carbocycles. The molecule has 7 heteroatoms. The van der Waals surface area contributed by atoms with Gasteiger partial charge >= 0.3 is 0 Å². The van der Waals surface area contributed by atoms with Gasteiger partial charge in [-0.3, -0.25) is 4.90 Å². The maximum atomic E-state index is 5.38. The van der Waals surface area contributed by atoms with E-state index in [4.69, 9.17) is 4.74 Å². The van der Waals surface area contributed by atoms with Gasteiger partial charge < -0.3 is 15.0 Å². The van der Waals surface area contributed by atoms with Crippen molar-refractivity contribution in [2.75, 3.05) is 31.6 Å². The summed E-state index contributed by atoms with van der Waals surface area (Å²) in [6.45, 7) is 4.61. The number of imidazole rings is 1. The second kappa shape index (κ2) is 6.31. The molecule has 1 aliphatic heterocycles. The molecule has 2 N–H and O–H groups in total. The molecule has 118 valence electrons. The second-order valence-electron chi connectivity index (χ2n) is 5.53. The standard InChI is InChI=1S/C16H18N6O/c1-3-13(4-2-12(1)9-22-5-7-23-8-6-22)21-16-14-15(18-10-17-14)19-11-20-16/h1-4,10-11H,5-9H2,(H2,17,18,19,20,21). The topological polar surface area (TPSA) is 79.0 Å². The van der Waals surface area contributed by atoms with Crippen LogP contribution in [0.5, 0.6) is 0 Å². The van der Waals surface area contributed by atoms with E-state index >= 15 is 0 Å². The molecule has 0 bridgehead atoms. The molecule has 3 heterocycles. The van der Waals surface area contributed by atoms with Crippen molar-refractivity contribution in [2.45, 2.75) is 6.54 Å². The number of hydrogen-bond donors (Lipinski definition) is 2. The molecule has 2 aromatic heterocycles. The van der Waals surface area contributed by atoms with Crippen molar-refractivity contribution in [3.05, 3.63) is 42.5 Å². The summed E-state index contributed by atoms with van der Waals surface area (Å²) in [5, 5.41) is 3.31. The fourth-order valence-electron chi connectivity index (χ4n) is 2.71. The lowest BCUT2D eigenvalue weighted by molar-refractivity contribution is 0.0342. The molecule has 1 aromatic carbocycles. The van der Waals surface area contributed by atoms with Crippen LogP contribution in [0.15, 0.2) is 36.9 Å². The molecular formula is C16H18N6O. The Balaban J connectivity index is 1.46. The van der Waals surface area contributed by atoms with Gasteiger partial charge in [0.05, 0.1) is 19.5 Å². The minimum absolute atomic E-state index is 0.659. The average Bonchev–Trinajstić information content (AvgIpc) is 3.07. The molecule has 3 aromatic rings. The third-order valence-corrected chi connectivity index (χ3v) is 3.95. The first-order valence-corrected chi connectivity index (χ1v) is 7.69. The maximum absolute atomic E-state index is 5.38. The Morgan fingerprint density at radius 1 is 1.09 bits per heavy atom. The number of nitrogens with zero attached hydrogens (tertiary/aromatic N) is 4. The lowest BCUT2D eigenvalue weighted by Gasteiger charge is -2.26. The van der Waals surface area contributed by atoms with Gasteiger partial charge in [-0.15, -0.1) is 0 Å². The van der Waals surface area contributed by atoms with E-state index < -0.39 is 0 Å². The zero-order valence-corrected chi connectivity index (χ0v) is 12.7. The SMILES string of the molecule is c1nc(Nc2ccc(CN3CCOCC3)cc2)c2[nH]cnc2n1. The van der Waals surface area contributed by atoms with Crippen LogP contribution < -0.4 is 5.32 Å². The highest BCUT2D eigenvalue weighted by atomic mass is 16.5. The van der Waals surface area contributed by atoms with Crippen LogP contribution in [0.3, 0.4) is 0 Å². The zero-order valence-electron chi connectivity index (χ0n) is 12.7. The highest BCUT2D eigenvalue weighted by Gasteiger charge is 2.11. The summed E-state index contributed by atoms with van der Waals surface area (Å²) in [5.74, 6) is 0.730. The maximum Gasteiger partial charge on any atom is 0.182 e. The number of rotatable bonds is 4. The summed E-state index contributed by atoms with van der Waals surface area (Å²) in [6.07, 6.45) is 3.13. The van der Waals surface area contributed by atoms with Gasteiger partial charge in [0, 0.05) is 25.3 Å². The van der Waals surface area contributed by atoms with Crippen LogP contribution in [0.1, 0.15) is 5.56 Å². The molecule has 1 saturated heterocycles. The predicted molar refractivity (Wildman–Crippen MR) is 87.5 cm³/mol. The van der Waals surface area contributed by atoms with E-state index in [1.54, 1.807) is 6.33 Å². The minimum Gasteiger partial charge on any atom is -0.379 e. The summed E-state index contributed by atoms with van der Waals surface area (Å²) in [7, 11) is 0. The fraction of sp³-hybridized carbons (Fsp3) is 0.312. The van der Waals surface area contributed by atoms with Crippen molar-refractivity contribution < 1.29 is 4.74 Å². The Morgan fingerprint density at radius 3 is 2.74 bits per heavy atom. The number of anilines is 2. The Bertz CT molecular complexity index is 779. The Kier molecular flexibility index (Phi) is 3.87. The van der Waals surface area contributed by atoms with E-state index in [1.165, 1.54) is 11.9 Å². The van der Waals surface area contributed by atoms with E-state index in [0.29, 0.717) is 5.65 Å². The normalized spacial score (nSPS) is 15.8. The van der Waals surface area contributed by atoms with Gasteiger partial charge in [-0.25, -0.2) is 15.0 Å². The Hall–Kier alpha value is -2.51. The molecule has 0 amide bonds. The van der Waals surface area contributed by atoms with Crippen molar-refractivity contribution in [2.24, 2.45) is 0 Å². The molecule has 1 fully saturated rings. The van der Waals surface area contributed by atoms with Gasteiger partial charge in [-0.05, 0) is 17.7 Å². The monoisotopic (exact) mass is 310 g/mol. The molecule has 4 rings (SSSR count). The summed E-state index contributed by atoms with van der Waals surface area (Å²) in [6, 6.07) is 8.42. The van der Waals surface area contributed by atoms with E-state index in [1.807, 2.05) is 0 Å². The highest BCUT2D eigenvalue weighted by Crippen LogP contribution is 2.20. The molecule has 23 heavy (non-hydrogen) atoms. The third-order valence-electron chi connectivity index (χ3n) is 3.95. The number of benzene rings is 1. The quantitative estimate of drug-likeness (QED) is 0.766. The van der Waals surface area contributed by atoms with E-state index in [-0.39, 0.29) is 0 Å². The largest absolute Gasteiger partial charge is 0.379 e. The molecule has 0 atom stereocenters. The first-order valence-electron chi connectivity index (χ1n) is 7.69. The number of aromatic amines is 1. The van der Waals surface area contributed by atoms with Crippen molar-refractivity contribution in [1.29, 1.82) is 0 Å². The molecule has 1 aliphatic rings. The van der Waals surface area contributed by atoms with Gasteiger partial charge in [0.25, 0.3) is 0 Å². The van der Waals surface area contributed by atoms with Crippen LogP contribution in [0.4, 0.5) is 11.5 Å². The number of ether oxygens (including phenoxy) is 1. The average molecular weight is 310 g/mol. The molecule has 0 unspecified atom stereocenters. The van der Waals surface area contributed by atoms with Gasteiger partial charge in [0.2, 0.25) is 0 Å². The van der Waals surface area contributed by atoms with Crippen LogP contribution >= 0.6 is 0 Å². The van der Waals surface area contributed by atoms with Crippen LogP contribution in [-0.4, -0.2) is 51.1 Å². The van der Waals surface area contributed by atoms with Crippen molar-refractivity contribution in [3.63, 3.8) is 0 Å². The van der Waals surface area contributed by atoms with E-state index in [2.05, 4.69) is 54.4 Å². The van der Waals surface area contributed by atoms with Gasteiger partial charge in [0.1, 0.15) is 11.8 Å². The first-order chi connectivity index (χ1) is 11.4. The predicted octanol–water partition coefficient (Wildman–Crippen LogP) is 1.93. The molecule has 0 radical (unpaired) electrons. The molecule has 0 aliphatic carbocycles.